The molecule has 2 aromatic carbocycles. The van der Waals surface area contributed by atoms with Crippen LogP contribution in [0.3, 0.4) is 0 Å². The number of fused-ring (bicyclic) bond motifs is 1. The van der Waals surface area contributed by atoms with Crippen molar-refractivity contribution in [3.8, 4) is 16.9 Å². The number of nitrogens with two attached hydrogens (primary N) is 1. The number of urea groups is 1. The maximum atomic E-state index is 13.7. The van der Waals surface area contributed by atoms with Crippen LogP contribution in [-0.2, 0) is 6.54 Å². The predicted octanol–water partition coefficient (Wildman–Crippen LogP) is 2.48. The van der Waals surface area contributed by atoms with Crippen molar-refractivity contribution in [2.75, 3.05) is 39.0 Å². The normalized spacial score (nSPS) is 18.4. The minimum atomic E-state index is -0.537. The number of hydrogen-bond acceptors (Lipinski definition) is 7. The molecule has 5 N–H and O–H groups in total. The molecule has 2 fully saturated rings. The number of nitrogens with one attached hydrogen (secondary N) is 2. The molecule has 3 amide bonds. The quantitative estimate of drug-likeness (QED) is 0.269. The largest absolute Gasteiger partial charge is 0.496 e. The number of benzene rings is 2. The van der Waals surface area contributed by atoms with Crippen LogP contribution in [0.15, 0.2) is 53.5 Å². The number of nitrogens with zero attached hydrogens (tertiary/aromatic N) is 4. The van der Waals surface area contributed by atoms with Gasteiger partial charge in [0.25, 0.3) is 11.5 Å². The Labute approximate surface area is 245 Å². The molecule has 2 aliphatic heterocycles. The van der Waals surface area contributed by atoms with Gasteiger partial charge in [-0.2, -0.15) is 5.10 Å². The number of ether oxygens (including phenoxy) is 1. The second-order valence-corrected chi connectivity index (χ2v) is 10.9. The summed E-state index contributed by atoms with van der Waals surface area (Å²) in [7, 11) is 1.42. The van der Waals surface area contributed by atoms with Gasteiger partial charge in [-0.3, -0.25) is 9.59 Å². The second-order valence-electron chi connectivity index (χ2n) is 10.9. The summed E-state index contributed by atoms with van der Waals surface area (Å²) < 4.78 is 20.8. The second kappa shape index (κ2) is 11.4. The third-order valence-electron chi connectivity index (χ3n) is 8.17. The van der Waals surface area contributed by atoms with Crippen molar-refractivity contribution in [2.45, 2.75) is 31.5 Å². The average molecular weight is 590 g/mol. The number of H-pyrrole nitrogens is 1. The zero-order chi connectivity index (χ0) is 30.2. The van der Waals surface area contributed by atoms with E-state index < -0.39 is 17.8 Å². The lowest BCUT2D eigenvalue weighted by molar-refractivity contribution is 0.0947. The van der Waals surface area contributed by atoms with Crippen molar-refractivity contribution in [3.63, 3.8) is 0 Å². The molecular formula is C30H32FN7O5. The number of hydrogen-bond donors (Lipinski definition) is 4. The third kappa shape index (κ3) is 5.39. The summed E-state index contributed by atoms with van der Waals surface area (Å²) in [6.45, 7) is 2.01. The number of β-amino-alcohol motifs (C(OH)–C–C–N with tert-alkyl or cyclic N) is 1. The van der Waals surface area contributed by atoms with E-state index in [0.717, 1.165) is 22.8 Å². The predicted molar refractivity (Wildman–Crippen MR) is 157 cm³/mol. The summed E-state index contributed by atoms with van der Waals surface area (Å²) in [6.07, 6.45) is 2.61. The number of carbonyl (C=O) groups is 2. The molecule has 2 aliphatic rings. The number of halogens is 1. The van der Waals surface area contributed by atoms with E-state index in [-0.39, 0.29) is 41.3 Å². The van der Waals surface area contributed by atoms with Crippen LogP contribution >= 0.6 is 0 Å². The molecule has 0 saturated carbocycles. The summed E-state index contributed by atoms with van der Waals surface area (Å²) in [6, 6.07) is 10.9. The van der Waals surface area contributed by atoms with Crippen molar-refractivity contribution < 1.29 is 23.8 Å². The molecule has 4 aromatic rings. The highest BCUT2D eigenvalue weighted by Crippen LogP contribution is 2.36. The smallest absolute Gasteiger partial charge is 0.320 e. The maximum Gasteiger partial charge on any atom is 0.320 e. The summed E-state index contributed by atoms with van der Waals surface area (Å²) in [5, 5.41) is 19.6. The van der Waals surface area contributed by atoms with Gasteiger partial charge >= 0.3 is 6.03 Å². The van der Waals surface area contributed by atoms with Crippen LogP contribution in [0.25, 0.3) is 22.0 Å². The van der Waals surface area contributed by atoms with E-state index in [9.17, 15) is 23.9 Å². The Kier molecular flexibility index (Phi) is 7.48. The molecule has 2 aromatic heterocycles. The number of likely N-dealkylation sites (tertiary alicyclic amines) is 2. The number of nitrogen functional groups attached to an aromatic ring is 1. The fourth-order valence-corrected chi connectivity index (χ4v) is 5.94. The van der Waals surface area contributed by atoms with Gasteiger partial charge in [0.15, 0.2) is 5.82 Å². The fraction of sp³-hybridized carbons (Fsp3) is 0.333. The van der Waals surface area contributed by atoms with Crippen molar-refractivity contribution in [1.82, 2.24) is 29.9 Å². The molecule has 4 heterocycles. The molecule has 1 unspecified atom stereocenters. The number of carbonyl (C=O) groups excluding carboxylic acids is 2. The first kappa shape index (κ1) is 28.2. The zero-order valence-electron chi connectivity index (χ0n) is 23.5. The monoisotopic (exact) mass is 589 g/mol. The number of aliphatic hydroxyl groups excluding tert-OH is 1. The summed E-state index contributed by atoms with van der Waals surface area (Å²) in [5.41, 5.74) is 8.70. The molecule has 43 heavy (non-hydrogen) atoms. The Hall–Kier alpha value is -4.91. The Balaban J connectivity index is 1.23. The van der Waals surface area contributed by atoms with Gasteiger partial charge in [-0.25, -0.2) is 14.3 Å². The van der Waals surface area contributed by atoms with Crippen LogP contribution in [0.1, 0.15) is 34.8 Å². The van der Waals surface area contributed by atoms with Gasteiger partial charge in [-0.1, -0.05) is 24.3 Å². The van der Waals surface area contributed by atoms with E-state index in [1.807, 2.05) is 35.0 Å². The maximum absolute atomic E-state index is 13.7. The lowest BCUT2D eigenvalue weighted by atomic mass is 10.0. The number of amides is 3. The van der Waals surface area contributed by atoms with Crippen LogP contribution in [0, 0.1) is 5.82 Å². The standard InChI is InChI=1S/C30H32FN7O5/c1-43-24-7-6-19(31)12-22(24)28(40)33-13-17-2-4-18(5-3-17)23-16-38(26-25(23)27(32)34-35-29(26)41)20-8-10-36(14-20)30(42)37-11-9-21(39)15-37/h2-7,12,16,20-21,39H,8-11,13-15H2,1H3,(H2,32,34)(H,33,40)(H,35,41)/t20?,21-/m1/s1. The van der Waals surface area contributed by atoms with Gasteiger partial charge < -0.3 is 35.3 Å². The molecule has 0 radical (unpaired) electrons. The first-order valence-corrected chi connectivity index (χ1v) is 14.0. The summed E-state index contributed by atoms with van der Waals surface area (Å²) >= 11 is 0. The number of aromatic amines is 1. The van der Waals surface area contributed by atoms with Gasteiger partial charge in [0.05, 0.1) is 30.2 Å². The van der Waals surface area contributed by atoms with E-state index in [0.29, 0.717) is 49.9 Å². The number of aromatic nitrogens is 3. The van der Waals surface area contributed by atoms with E-state index in [2.05, 4.69) is 15.5 Å². The van der Waals surface area contributed by atoms with E-state index in [4.69, 9.17) is 10.5 Å². The van der Waals surface area contributed by atoms with Gasteiger partial charge in [-0.05, 0) is 42.2 Å². The van der Waals surface area contributed by atoms with E-state index >= 15 is 0 Å². The van der Waals surface area contributed by atoms with E-state index in [1.165, 1.54) is 19.2 Å². The highest BCUT2D eigenvalue weighted by molar-refractivity contribution is 6.02. The molecule has 0 spiro atoms. The average Bonchev–Trinajstić information content (AvgIpc) is 3.77. The van der Waals surface area contributed by atoms with Gasteiger partial charge in [0, 0.05) is 44.5 Å². The molecule has 0 bridgehead atoms. The molecule has 13 heteroatoms. The molecule has 224 valence electrons. The van der Waals surface area contributed by atoms with Crippen LogP contribution in [0.5, 0.6) is 5.75 Å². The molecule has 2 saturated heterocycles. The van der Waals surface area contributed by atoms with E-state index in [1.54, 1.807) is 9.80 Å². The number of aliphatic hydroxyl groups is 1. The summed E-state index contributed by atoms with van der Waals surface area (Å²) in [4.78, 5) is 42.1. The molecule has 0 aliphatic carbocycles. The Morgan fingerprint density at radius 1 is 1.14 bits per heavy atom. The fourth-order valence-electron chi connectivity index (χ4n) is 5.94. The number of methoxy groups -OCH3 is 1. The summed E-state index contributed by atoms with van der Waals surface area (Å²) in [5.74, 6) is -0.547. The van der Waals surface area contributed by atoms with Crippen molar-refractivity contribution in [3.05, 3.63) is 76.0 Å². The lowest BCUT2D eigenvalue weighted by Crippen LogP contribution is -2.41. The molecule has 2 atom stereocenters. The zero-order valence-corrected chi connectivity index (χ0v) is 23.5. The highest BCUT2D eigenvalue weighted by atomic mass is 19.1. The number of anilines is 1. The third-order valence-corrected chi connectivity index (χ3v) is 8.17. The van der Waals surface area contributed by atoms with Gasteiger partial charge in [0.1, 0.15) is 17.1 Å². The molecule has 6 rings (SSSR count). The molecule has 12 nitrogen and oxygen atoms in total. The highest BCUT2D eigenvalue weighted by Gasteiger charge is 2.34. The Morgan fingerprint density at radius 2 is 1.88 bits per heavy atom. The van der Waals surface area contributed by atoms with Crippen molar-refractivity contribution >= 4 is 28.7 Å². The minimum absolute atomic E-state index is 0.102. The first-order valence-electron chi connectivity index (χ1n) is 14.0. The Morgan fingerprint density at radius 3 is 2.60 bits per heavy atom. The first-order chi connectivity index (χ1) is 20.7. The van der Waals surface area contributed by atoms with Crippen LogP contribution in [0.2, 0.25) is 0 Å². The van der Waals surface area contributed by atoms with Crippen LogP contribution < -0.4 is 21.3 Å². The topological polar surface area (TPSA) is 159 Å². The van der Waals surface area contributed by atoms with Crippen molar-refractivity contribution in [1.29, 1.82) is 0 Å². The number of rotatable bonds is 6. The Bertz CT molecular complexity index is 1750. The van der Waals surface area contributed by atoms with Crippen LogP contribution in [0.4, 0.5) is 15.0 Å². The molecular weight excluding hydrogens is 557 g/mol. The lowest BCUT2D eigenvalue weighted by Gasteiger charge is -2.24. The van der Waals surface area contributed by atoms with Crippen LogP contribution in [-0.4, -0.2) is 81.0 Å². The minimum Gasteiger partial charge on any atom is -0.496 e. The van der Waals surface area contributed by atoms with Crippen molar-refractivity contribution in [2.24, 2.45) is 0 Å². The van der Waals surface area contributed by atoms with Gasteiger partial charge in [0.2, 0.25) is 0 Å². The van der Waals surface area contributed by atoms with Gasteiger partial charge in [-0.15, -0.1) is 0 Å². The SMILES string of the molecule is COc1ccc(F)cc1C(=O)NCc1ccc(-c2cn(C3CCN(C(=O)N4CC[C@@H](O)C4)C3)c3c(=O)[nH]nc(N)c23)cc1.